The van der Waals surface area contributed by atoms with Crippen molar-refractivity contribution in [3.05, 3.63) is 52.5 Å². The smallest absolute Gasteiger partial charge is 0.227 e. The summed E-state index contributed by atoms with van der Waals surface area (Å²) in [6.45, 7) is 1.83. The monoisotopic (exact) mass is 359 g/mol. The van der Waals surface area contributed by atoms with Crippen LogP contribution in [-0.2, 0) is 17.8 Å². The summed E-state index contributed by atoms with van der Waals surface area (Å²) in [4.78, 5) is 12.5. The lowest BCUT2D eigenvalue weighted by atomic mass is 9.96. The minimum absolute atomic E-state index is 0.0417. The van der Waals surface area contributed by atoms with Crippen molar-refractivity contribution in [3.63, 3.8) is 0 Å². The summed E-state index contributed by atoms with van der Waals surface area (Å²) in [6, 6.07) is 11.2. The van der Waals surface area contributed by atoms with Crippen molar-refractivity contribution >= 4 is 17.5 Å². The normalized spacial score (nSPS) is 18.0. The van der Waals surface area contributed by atoms with Gasteiger partial charge in [-0.05, 0) is 36.2 Å². The zero-order valence-electron chi connectivity index (χ0n) is 13.6. The van der Waals surface area contributed by atoms with Crippen LogP contribution in [0.2, 0.25) is 5.02 Å². The fourth-order valence-electron chi connectivity index (χ4n) is 3.13. The Bertz CT molecular complexity index is 808. The number of carbonyl (C=O) groups is 1. The van der Waals surface area contributed by atoms with Crippen LogP contribution in [0.3, 0.4) is 0 Å². The third kappa shape index (κ3) is 3.37. The molecule has 4 rings (SSSR count). The van der Waals surface area contributed by atoms with E-state index in [0.717, 1.165) is 22.6 Å². The number of carbonyl (C=O) groups excluding carboxylic acids is 1. The standard InChI is InChI=1S/C19H18ClNO4/c20-15-4-5-16-13(9-15)8-14(11-25-16)19(22)21-10-12-2-1-3-17-18(12)24-7-6-23-17/h1-5,9,14H,6-8,10-11H2,(H,21,22)/t14-/m1/s1. The van der Waals surface area contributed by atoms with Crippen LogP contribution in [0.15, 0.2) is 36.4 Å². The average Bonchev–Trinajstić information content (AvgIpc) is 2.65. The highest BCUT2D eigenvalue weighted by Crippen LogP contribution is 2.34. The van der Waals surface area contributed by atoms with Gasteiger partial charge in [0.1, 0.15) is 25.6 Å². The second kappa shape index (κ2) is 6.84. The maximum atomic E-state index is 12.5. The van der Waals surface area contributed by atoms with E-state index in [0.29, 0.717) is 43.6 Å². The molecule has 2 heterocycles. The van der Waals surface area contributed by atoms with E-state index in [1.165, 1.54) is 0 Å². The molecular formula is C19H18ClNO4. The van der Waals surface area contributed by atoms with Gasteiger partial charge in [0.15, 0.2) is 11.5 Å². The second-order valence-corrected chi connectivity index (χ2v) is 6.56. The zero-order valence-corrected chi connectivity index (χ0v) is 14.3. The maximum absolute atomic E-state index is 12.5. The molecule has 0 saturated carbocycles. The molecule has 0 saturated heterocycles. The van der Waals surface area contributed by atoms with Crippen molar-refractivity contribution in [2.45, 2.75) is 13.0 Å². The zero-order chi connectivity index (χ0) is 17.2. The highest BCUT2D eigenvalue weighted by atomic mass is 35.5. The number of rotatable bonds is 3. The van der Waals surface area contributed by atoms with Crippen LogP contribution in [-0.4, -0.2) is 25.7 Å². The van der Waals surface area contributed by atoms with Gasteiger partial charge in [0.2, 0.25) is 5.91 Å². The molecule has 0 aromatic heterocycles. The van der Waals surface area contributed by atoms with Gasteiger partial charge in [0.25, 0.3) is 0 Å². The molecule has 6 heteroatoms. The molecule has 0 spiro atoms. The Balaban J connectivity index is 1.42. The molecule has 0 aliphatic carbocycles. The number of nitrogens with one attached hydrogen (secondary N) is 1. The number of hydrogen-bond donors (Lipinski definition) is 1. The Morgan fingerprint density at radius 2 is 2.00 bits per heavy atom. The van der Waals surface area contributed by atoms with Crippen molar-refractivity contribution in [2.24, 2.45) is 5.92 Å². The van der Waals surface area contributed by atoms with Gasteiger partial charge in [-0.1, -0.05) is 23.7 Å². The summed E-state index contributed by atoms with van der Waals surface area (Å²) in [5, 5.41) is 3.63. The first-order chi connectivity index (χ1) is 12.2. The molecule has 5 nitrogen and oxygen atoms in total. The fourth-order valence-corrected chi connectivity index (χ4v) is 3.33. The van der Waals surface area contributed by atoms with Gasteiger partial charge in [-0.25, -0.2) is 0 Å². The predicted octanol–water partition coefficient (Wildman–Crippen LogP) is 2.98. The number of benzene rings is 2. The van der Waals surface area contributed by atoms with E-state index in [1.807, 2.05) is 30.3 Å². The first-order valence-electron chi connectivity index (χ1n) is 8.27. The highest BCUT2D eigenvalue weighted by Gasteiger charge is 2.26. The molecule has 130 valence electrons. The molecule has 0 bridgehead atoms. The molecule has 1 amide bonds. The largest absolute Gasteiger partial charge is 0.492 e. The fraction of sp³-hybridized carbons (Fsp3) is 0.316. The summed E-state index contributed by atoms with van der Waals surface area (Å²) in [5.41, 5.74) is 1.87. The number of para-hydroxylation sites is 1. The average molecular weight is 360 g/mol. The number of halogens is 1. The summed E-state index contributed by atoms with van der Waals surface area (Å²) >= 11 is 6.03. The van der Waals surface area contributed by atoms with Gasteiger partial charge in [-0.3, -0.25) is 4.79 Å². The van der Waals surface area contributed by atoms with E-state index < -0.39 is 0 Å². The second-order valence-electron chi connectivity index (χ2n) is 6.12. The number of hydrogen-bond acceptors (Lipinski definition) is 4. The summed E-state index contributed by atoms with van der Waals surface area (Å²) in [7, 11) is 0. The van der Waals surface area contributed by atoms with Gasteiger partial charge in [0, 0.05) is 17.1 Å². The summed E-state index contributed by atoms with van der Waals surface area (Å²) in [6.07, 6.45) is 0.619. The molecule has 2 aromatic carbocycles. The molecule has 0 radical (unpaired) electrons. The third-order valence-electron chi connectivity index (χ3n) is 4.40. The van der Waals surface area contributed by atoms with Gasteiger partial charge >= 0.3 is 0 Å². The van der Waals surface area contributed by atoms with Crippen LogP contribution in [0.1, 0.15) is 11.1 Å². The lowest BCUT2D eigenvalue weighted by Crippen LogP contribution is -2.37. The van der Waals surface area contributed by atoms with Crippen molar-refractivity contribution in [2.75, 3.05) is 19.8 Å². The first kappa shape index (κ1) is 16.1. The Hall–Kier alpha value is -2.40. The van der Waals surface area contributed by atoms with E-state index in [-0.39, 0.29) is 11.8 Å². The van der Waals surface area contributed by atoms with E-state index in [4.69, 9.17) is 25.8 Å². The topological polar surface area (TPSA) is 56.8 Å². The molecule has 2 aromatic rings. The van der Waals surface area contributed by atoms with Crippen LogP contribution in [0.5, 0.6) is 17.2 Å². The molecular weight excluding hydrogens is 342 g/mol. The van der Waals surface area contributed by atoms with E-state index in [1.54, 1.807) is 6.07 Å². The van der Waals surface area contributed by atoms with Crippen molar-refractivity contribution in [3.8, 4) is 17.2 Å². The van der Waals surface area contributed by atoms with E-state index in [2.05, 4.69) is 5.32 Å². The Kier molecular flexibility index (Phi) is 4.40. The summed E-state index contributed by atoms with van der Waals surface area (Å²) in [5.74, 6) is 1.97. The van der Waals surface area contributed by atoms with Crippen molar-refractivity contribution in [1.29, 1.82) is 0 Å². The molecule has 1 atom stereocenters. The lowest BCUT2D eigenvalue weighted by molar-refractivity contribution is -0.126. The third-order valence-corrected chi connectivity index (χ3v) is 4.64. The van der Waals surface area contributed by atoms with Crippen LogP contribution in [0.4, 0.5) is 0 Å². The van der Waals surface area contributed by atoms with E-state index in [9.17, 15) is 4.79 Å². The molecule has 2 aliphatic rings. The van der Waals surface area contributed by atoms with E-state index >= 15 is 0 Å². The number of amides is 1. The minimum Gasteiger partial charge on any atom is -0.492 e. The summed E-state index contributed by atoms with van der Waals surface area (Å²) < 4.78 is 16.9. The molecule has 25 heavy (non-hydrogen) atoms. The van der Waals surface area contributed by atoms with Crippen molar-refractivity contribution < 1.29 is 19.0 Å². The quantitative estimate of drug-likeness (QED) is 0.915. The molecule has 0 unspecified atom stereocenters. The highest BCUT2D eigenvalue weighted by molar-refractivity contribution is 6.30. The van der Waals surface area contributed by atoms with Crippen LogP contribution >= 0.6 is 11.6 Å². The van der Waals surface area contributed by atoms with Crippen LogP contribution in [0, 0.1) is 5.92 Å². The first-order valence-corrected chi connectivity index (χ1v) is 8.65. The Labute approximate surface area is 150 Å². The van der Waals surface area contributed by atoms with Gasteiger partial charge in [-0.2, -0.15) is 0 Å². The van der Waals surface area contributed by atoms with Crippen molar-refractivity contribution in [1.82, 2.24) is 5.32 Å². The lowest BCUT2D eigenvalue weighted by Gasteiger charge is -2.25. The predicted molar refractivity (Wildman–Crippen MR) is 93.4 cm³/mol. The van der Waals surface area contributed by atoms with Gasteiger partial charge in [0.05, 0.1) is 5.92 Å². The number of ether oxygens (including phenoxy) is 3. The minimum atomic E-state index is -0.234. The molecule has 1 N–H and O–H groups in total. The number of fused-ring (bicyclic) bond motifs is 2. The molecule has 0 fully saturated rings. The van der Waals surface area contributed by atoms with Crippen LogP contribution in [0.25, 0.3) is 0 Å². The van der Waals surface area contributed by atoms with Gasteiger partial charge in [-0.15, -0.1) is 0 Å². The Morgan fingerprint density at radius 3 is 2.92 bits per heavy atom. The Morgan fingerprint density at radius 1 is 1.12 bits per heavy atom. The van der Waals surface area contributed by atoms with Crippen LogP contribution < -0.4 is 19.5 Å². The van der Waals surface area contributed by atoms with Gasteiger partial charge < -0.3 is 19.5 Å². The molecule has 2 aliphatic heterocycles. The maximum Gasteiger partial charge on any atom is 0.227 e. The SMILES string of the molecule is O=C(NCc1cccc2c1OCCO2)[C@H]1COc2ccc(Cl)cc2C1.